The average Bonchev–Trinajstić information content (AvgIpc) is 2.39. The molecule has 0 radical (unpaired) electrons. The Balaban J connectivity index is 2.16. The van der Waals surface area contributed by atoms with E-state index < -0.39 is 10.8 Å². The first-order valence-electron chi connectivity index (χ1n) is 5.33. The van der Waals surface area contributed by atoms with Gasteiger partial charge in [0.05, 0.1) is 29.4 Å². The Hall–Kier alpha value is -1.75. The molecule has 0 fully saturated rings. The fraction of sp³-hybridized carbons (Fsp3) is 0.154. The van der Waals surface area contributed by atoms with Gasteiger partial charge in [0.2, 0.25) is 5.88 Å². The maximum absolute atomic E-state index is 13.0. The van der Waals surface area contributed by atoms with Crippen molar-refractivity contribution >= 4 is 10.8 Å². The van der Waals surface area contributed by atoms with Gasteiger partial charge in [-0.05, 0) is 24.3 Å². The lowest BCUT2D eigenvalue weighted by Gasteiger charge is -2.04. The predicted molar refractivity (Wildman–Crippen MR) is 67.3 cm³/mol. The fourth-order valence-electron chi connectivity index (χ4n) is 1.48. The number of aromatic nitrogens is 1. The van der Waals surface area contributed by atoms with Gasteiger partial charge in [-0.2, -0.15) is 0 Å². The zero-order chi connectivity index (χ0) is 13.0. The summed E-state index contributed by atoms with van der Waals surface area (Å²) in [6.45, 7) is 0. The summed E-state index contributed by atoms with van der Waals surface area (Å²) in [4.78, 5) is 4.63. The first-order chi connectivity index (χ1) is 8.69. The molecule has 2 aromatic rings. The Kier molecular flexibility index (Phi) is 4.04. The Morgan fingerprint density at radius 2 is 2.06 bits per heavy atom. The van der Waals surface area contributed by atoms with Gasteiger partial charge in [0.1, 0.15) is 5.82 Å². The van der Waals surface area contributed by atoms with Crippen molar-refractivity contribution in [3.05, 3.63) is 54.0 Å². The lowest BCUT2D eigenvalue weighted by Crippen LogP contribution is -2.00. The van der Waals surface area contributed by atoms with Crippen LogP contribution in [0, 0.1) is 5.82 Å². The molecule has 0 N–H and O–H groups in total. The van der Waals surface area contributed by atoms with Crippen molar-refractivity contribution in [2.75, 3.05) is 7.11 Å². The molecule has 0 amide bonds. The van der Waals surface area contributed by atoms with E-state index in [0.29, 0.717) is 16.5 Å². The van der Waals surface area contributed by atoms with Crippen LogP contribution in [0.1, 0.15) is 5.69 Å². The summed E-state index contributed by atoms with van der Waals surface area (Å²) in [5, 5.41) is 0. The minimum atomic E-state index is -1.31. The largest absolute Gasteiger partial charge is 0.481 e. The zero-order valence-electron chi connectivity index (χ0n) is 9.80. The second-order valence-corrected chi connectivity index (χ2v) is 5.07. The molecule has 18 heavy (non-hydrogen) atoms. The summed E-state index contributed by atoms with van der Waals surface area (Å²) in [5.41, 5.74) is 0.650. The molecule has 1 atom stereocenters. The lowest BCUT2D eigenvalue weighted by atomic mass is 10.3. The number of hydrogen-bond acceptors (Lipinski definition) is 3. The van der Waals surface area contributed by atoms with Gasteiger partial charge in [-0.3, -0.25) is 4.21 Å². The Labute approximate surface area is 107 Å². The van der Waals surface area contributed by atoms with Gasteiger partial charge in [-0.1, -0.05) is 12.1 Å². The summed E-state index contributed by atoms with van der Waals surface area (Å²) in [7, 11) is 0.210. The highest BCUT2D eigenvalue weighted by molar-refractivity contribution is 7.84. The molecular weight excluding hydrogens is 253 g/mol. The minimum absolute atomic E-state index is 0.237. The van der Waals surface area contributed by atoms with Gasteiger partial charge in [0.15, 0.2) is 0 Å². The molecule has 1 aromatic heterocycles. The number of rotatable bonds is 4. The van der Waals surface area contributed by atoms with Crippen molar-refractivity contribution in [3.8, 4) is 5.88 Å². The molecule has 1 aromatic carbocycles. The molecule has 0 saturated carbocycles. The number of ether oxygens (including phenoxy) is 1. The maximum atomic E-state index is 13.0. The van der Waals surface area contributed by atoms with Gasteiger partial charge in [0, 0.05) is 11.0 Å². The summed E-state index contributed by atoms with van der Waals surface area (Å²) >= 11 is 0. The highest BCUT2D eigenvalue weighted by Crippen LogP contribution is 2.14. The van der Waals surface area contributed by atoms with E-state index in [0.717, 1.165) is 0 Å². The Morgan fingerprint density at radius 1 is 1.28 bits per heavy atom. The summed E-state index contributed by atoms with van der Waals surface area (Å²) < 4.78 is 30.0. The van der Waals surface area contributed by atoms with Gasteiger partial charge in [-0.15, -0.1) is 0 Å². The first-order valence-corrected chi connectivity index (χ1v) is 6.65. The lowest BCUT2D eigenvalue weighted by molar-refractivity contribution is 0.397. The molecule has 2 rings (SSSR count). The fourth-order valence-corrected chi connectivity index (χ4v) is 2.55. The molecule has 0 aliphatic heterocycles. The van der Waals surface area contributed by atoms with Gasteiger partial charge in [0.25, 0.3) is 0 Å². The van der Waals surface area contributed by atoms with E-state index >= 15 is 0 Å². The molecule has 3 nitrogen and oxygen atoms in total. The second kappa shape index (κ2) is 5.73. The van der Waals surface area contributed by atoms with Crippen LogP contribution in [0.5, 0.6) is 5.88 Å². The monoisotopic (exact) mass is 265 g/mol. The van der Waals surface area contributed by atoms with E-state index in [9.17, 15) is 8.60 Å². The van der Waals surface area contributed by atoms with Crippen LogP contribution in [0.15, 0.2) is 47.4 Å². The van der Waals surface area contributed by atoms with E-state index in [1.54, 1.807) is 30.3 Å². The van der Waals surface area contributed by atoms with Crippen LogP contribution < -0.4 is 4.74 Å². The smallest absolute Gasteiger partial charge is 0.213 e. The zero-order valence-corrected chi connectivity index (χ0v) is 10.6. The van der Waals surface area contributed by atoms with Crippen LogP contribution >= 0.6 is 0 Å². The van der Waals surface area contributed by atoms with Crippen LogP contribution in [0.3, 0.4) is 0 Å². The normalized spacial score (nSPS) is 12.1. The summed E-state index contributed by atoms with van der Waals surface area (Å²) in [6.07, 6.45) is 0. The van der Waals surface area contributed by atoms with Crippen LogP contribution in [-0.4, -0.2) is 16.3 Å². The van der Waals surface area contributed by atoms with E-state index in [-0.39, 0.29) is 11.6 Å². The number of pyridine rings is 1. The standard InChI is InChI=1S/C13H12FNO2S/c1-17-13-7-3-5-11(15-13)9-18(16)12-6-2-4-10(14)8-12/h2-8H,9H2,1H3. The van der Waals surface area contributed by atoms with Crippen LogP contribution in [0.4, 0.5) is 4.39 Å². The molecule has 94 valence electrons. The third-order valence-corrected chi connectivity index (χ3v) is 3.67. The molecular formula is C13H12FNO2S. The minimum Gasteiger partial charge on any atom is -0.481 e. The quantitative estimate of drug-likeness (QED) is 0.852. The number of benzene rings is 1. The van der Waals surface area contributed by atoms with Crippen LogP contribution in [-0.2, 0) is 16.6 Å². The first kappa shape index (κ1) is 12.7. The molecule has 1 heterocycles. The van der Waals surface area contributed by atoms with Crippen molar-refractivity contribution in [1.29, 1.82) is 0 Å². The van der Waals surface area contributed by atoms with Crippen molar-refractivity contribution in [2.24, 2.45) is 0 Å². The third kappa shape index (κ3) is 3.13. The van der Waals surface area contributed by atoms with Crippen molar-refractivity contribution in [3.63, 3.8) is 0 Å². The Bertz CT molecular complexity index is 574. The predicted octanol–water partition coefficient (Wildman–Crippen LogP) is 2.54. The number of halogens is 1. The van der Waals surface area contributed by atoms with Crippen LogP contribution in [0.2, 0.25) is 0 Å². The highest BCUT2D eigenvalue weighted by Gasteiger charge is 2.07. The van der Waals surface area contributed by atoms with E-state index in [1.807, 2.05) is 0 Å². The van der Waals surface area contributed by atoms with Gasteiger partial charge >= 0.3 is 0 Å². The molecule has 5 heteroatoms. The van der Waals surface area contributed by atoms with Crippen molar-refractivity contribution in [2.45, 2.75) is 10.6 Å². The molecule has 0 aliphatic rings. The van der Waals surface area contributed by atoms with E-state index in [1.165, 1.54) is 19.2 Å². The molecule has 0 spiro atoms. The van der Waals surface area contributed by atoms with E-state index in [2.05, 4.69) is 4.98 Å². The number of hydrogen-bond donors (Lipinski definition) is 0. The van der Waals surface area contributed by atoms with Crippen molar-refractivity contribution in [1.82, 2.24) is 4.98 Å². The molecule has 1 unspecified atom stereocenters. The summed E-state index contributed by atoms with van der Waals surface area (Å²) in [5.74, 6) is 0.323. The third-order valence-electron chi connectivity index (χ3n) is 2.33. The maximum Gasteiger partial charge on any atom is 0.213 e. The highest BCUT2D eigenvalue weighted by atomic mass is 32.2. The molecule has 0 saturated heterocycles. The number of nitrogens with zero attached hydrogens (tertiary/aromatic N) is 1. The number of methoxy groups -OCH3 is 1. The molecule has 0 bridgehead atoms. The SMILES string of the molecule is COc1cccc(CS(=O)c2cccc(F)c2)n1. The van der Waals surface area contributed by atoms with Crippen molar-refractivity contribution < 1.29 is 13.3 Å². The average molecular weight is 265 g/mol. The Morgan fingerprint density at radius 3 is 2.78 bits per heavy atom. The van der Waals surface area contributed by atoms with E-state index in [4.69, 9.17) is 4.74 Å². The second-order valence-electron chi connectivity index (χ2n) is 3.62. The molecule has 0 aliphatic carbocycles. The van der Waals surface area contributed by atoms with Crippen LogP contribution in [0.25, 0.3) is 0 Å². The topological polar surface area (TPSA) is 39.2 Å². The van der Waals surface area contributed by atoms with Gasteiger partial charge < -0.3 is 4.74 Å². The summed E-state index contributed by atoms with van der Waals surface area (Å²) in [6, 6.07) is 11.0. The van der Waals surface area contributed by atoms with Gasteiger partial charge in [-0.25, -0.2) is 9.37 Å².